The minimum absolute atomic E-state index is 0.229. The van der Waals surface area contributed by atoms with Crippen LogP contribution in [0.4, 0.5) is 5.82 Å². The average molecular weight is 319 g/mol. The lowest BCUT2D eigenvalue weighted by Gasteiger charge is -2.25. The summed E-state index contributed by atoms with van der Waals surface area (Å²) in [6.45, 7) is 1.99. The summed E-state index contributed by atoms with van der Waals surface area (Å²) in [5, 5.41) is 9.37. The summed E-state index contributed by atoms with van der Waals surface area (Å²) in [6.07, 6.45) is 10.3. The number of rotatable bonds is 2. The molecular weight excluding hydrogens is 300 g/mol. The van der Waals surface area contributed by atoms with Gasteiger partial charge in [-0.05, 0) is 25.7 Å². The first kappa shape index (κ1) is 13.9. The molecule has 4 rings (SSSR count). The molecule has 0 saturated carbocycles. The van der Waals surface area contributed by atoms with Crippen molar-refractivity contribution >= 4 is 17.4 Å². The standard InChI is InChI=1S/C15H19ClN6/c16-12-9-17-10-14(18-12)21-8-4-5-11(21)15-20-19-13-6-2-1-3-7-22(13)15/h9-11H,1-8H2/t11-/m0/s1. The highest BCUT2D eigenvalue weighted by atomic mass is 35.5. The number of fused-ring (bicyclic) bond motifs is 1. The van der Waals surface area contributed by atoms with Crippen molar-refractivity contribution in [2.75, 3.05) is 11.4 Å². The molecule has 6 nitrogen and oxygen atoms in total. The third-order valence-corrected chi connectivity index (χ3v) is 4.76. The van der Waals surface area contributed by atoms with E-state index in [9.17, 15) is 0 Å². The molecule has 0 aliphatic carbocycles. The third kappa shape index (κ3) is 2.45. The van der Waals surface area contributed by atoms with E-state index in [1.165, 1.54) is 19.3 Å². The van der Waals surface area contributed by atoms with E-state index < -0.39 is 0 Å². The molecule has 0 amide bonds. The predicted octanol–water partition coefficient (Wildman–Crippen LogP) is 2.79. The molecule has 2 aromatic heterocycles. The van der Waals surface area contributed by atoms with Gasteiger partial charge in [0.1, 0.15) is 16.8 Å². The maximum atomic E-state index is 6.00. The Hall–Kier alpha value is -1.69. The highest BCUT2D eigenvalue weighted by molar-refractivity contribution is 6.29. The first-order valence-corrected chi connectivity index (χ1v) is 8.37. The van der Waals surface area contributed by atoms with Gasteiger partial charge in [0.25, 0.3) is 0 Å². The smallest absolute Gasteiger partial charge is 0.155 e. The van der Waals surface area contributed by atoms with E-state index in [1.54, 1.807) is 12.4 Å². The average Bonchev–Trinajstić information content (AvgIpc) is 3.08. The van der Waals surface area contributed by atoms with E-state index in [2.05, 4.69) is 29.6 Å². The molecule has 0 bridgehead atoms. The van der Waals surface area contributed by atoms with Gasteiger partial charge in [-0.15, -0.1) is 10.2 Å². The number of nitrogens with zero attached hydrogens (tertiary/aromatic N) is 6. The van der Waals surface area contributed by atoms with Crippen LogP contribution in [-0.4, -0.2) is 31.3 Å². The summed E-state index contributed by atoms with van der Waals surface area (Å²) in [5.74, 6) is 3.05. The fraction of sp³-hybridized carbons (Fsp3) is 0.600. The second-order valence-corrected chi connectivity index (χ2v) is 6.38. The monoisotopic (exact) mass is 318 g/mol. The summed E-state index contributed by atoms with van der Waals surface area (Å²) in [4.78, 5) is 10.9. The van der Waals surface area contributed by atoms with Gasteiger partial charge in [-0.2, -0.15) is 0 Å². The zero-order valence-electron chi connectivity index (χ0n) is 12.5. The third-order valence-electron chi connectivity index (χ3n) is 4.58. The van der Waals surface area contributed by atoms with E-state index in [0.29, 0.717) is 5.15 Å². The van der Waals surface area contributed by atoms with Crippen molar-refractivity contribution in [3.05, 3.63) is 29.2 Å². The van der Waals surface area contributed by atoms with Crippen molar-refractivity contribution in [3.63, 3.8) is 0 Å². The van der Waals surface area contributed by atoms with Crippen molar-refractivity contribution in [1.82, 2.24) is 24.7 Å². The molecule has 22 heavy (non-hydrogen) atoms. The van der Waals surface area contributed by atoms with Crippen LogP contribution in [0.25, 0.3) is 0 Å². The molecule has 2 aliphatic heterocycles. The summed E-state index contributed by atoms with van der Waals surface area (Å²) in [6, 6.07) is 0.229. The molecule has 1 atom stereocenters. The van der Waals surface area contributed by atoms with Crippen LogP contribution >= 0.6 is 11.6 Å². The van der Waals surface area contributed by atoms with Gasteiger partial charge >= 0.3 is 0 Å². The molecule has 0 unspecified atom stereocenters. The number of halogens is 1. The minimum Gasteiger partial charge on any atom is -0.345 e. The van der Waals surface area contributed by atoms with Gasteiger partial charge < -0.3 is 9.47 Å². The Kier molecular flexibility index (Phi) is 3.70. The molecule has 2 aliphatic rings. The van der Waals surface area contributed by atoms with E-state index in [1.807, 2.05) is 0 Å². The zero-order chi connectivity index (χ0) is 14.9. The Morgan fingerprint density at radius 1 is 1.05 bits per heavy atom. The first-order valence-electron chi connectivity index (χ1n) is 7.99. The SMILES string of the molecule is Clc1cncc(N2CCC[C@H]2c2nnc3n2CCCCC3)n1. The Morgan fingerprint density at radius 3 is 2.91 bits per heavy atom. The van der Waals surface area contributed by atoms with Gasteiger partial charge in [0.05, 0.1) is 18.4 Å². The van der Waals surface area contributed by atoms with Crippen molar-refractivity contribution in [2.45, 2.75) is 51.1 Å². The minimum atomic E-state index is 0.229. The first-order chi connectivity index (χ1) is 10.8. The summed E-state index contributed by atoms with van der Waals surface area (Å²) < 4.78 is 2.33. The number of aromatic nitrogens is 5. The Balaban J connectivity index is 1.68. The van der Waals surface area contributed by atoms with Gasteiger partial charge in [0.15, 0.2) is 5.82 Å². The molecule has 1 fully saturated rings. The van der Waals surface area contributed by atoms with Gasteiger partial charge in [-0.25, -0.2) is 4.98 Å². The van der Waals surface area contributed by atoms with Gasteiger partial charge in [0.2, 0.25) is 0 Å². The topological polar surface area (TPSA) is 59.7 Å². The molecule has 4 heterocycles. The van der Waals surface area contributed by atoms with E-state index in [4.69, 9.17) is 11.6 Å². The van der Waals surface area contributed by atoms with Crippen molar-refractivity contribution in [3.8, 4) is 0 Å². The van der Waals surface area contributed by atoms with Crippen molar-refractivity contribution < 1.29 is 0 Å². The molecular formula is C15H19ClN6. The van der Waals surface area contributed by atoms with E-state index in [-0.39, 0.29) is 6.04 Å². The maximum Gasteiger partial charge on any atom is 0.155 e. The maximum absolute atomic E-state index is 6.00. The molecule has 0 spiro atoms. The second kappa shape index (κ2) is 5.83. The normalized spacial score (nSPS) is 21.7. The Labute approximate surface area is 134 Å². The molecule has 1 saturated heterocycles. The van der Waals surface area contributed by atoms with Crippen LogP contribution in [0.1, 0.15) is 49.8 Å². The molecule has 0 N–H and O–H groups in total. The molecule has 0 radical (unpaired) electrons. The number of anilines is 1. The van der Waals surface area contributed by atoms with Crippen LogP contribution in [0.3, 0.4) is 0 Å². The van der Waals surface area contributed by atoms with Crippen molar-refractivity contribution in [2.24, 2.45) is 0 Å². The summed E-state index contributed by atoms with van der Waals surface area (Å²) in [7, 11) is 0. The Morgan fingerprint density at radius 2 is 2.00 bits per heavy atom. The van der Waals surface area contributed by atoms with E-state index in [0.717, 1.165) is 49.8 Å². The number of hydrogen-bond acceptors (Lipinski definition) is 5. The lowest BCUT2D eigenvalue weighted by atomic mass is 10.2. The second-order valence-electron chi connectivity index (χ2n) is 5.99. The molecule has 7 heteroatoms. The van der Waals surface area contributed by atoms with E-state index >= 15 is 0 Å². The van der Waals surface area contributed by atoms with Gasteiger partial charge in [0, 0.05) is 19.5 Å². The van der Waals surface area contributed by atoms with Crippen LogP contribution in [0.2, 0.25) is 5.15 Å². The van der Waals surface area contributed by atoms with Crippen LogP contribution in [0.15, 0.2) is 12.4 Å². The quantitative estimate of drug-likeness (QED) is 0.852. The van der Waals surface area contributed by atoms with Crippen LogP contribution in [-0.2, 0) is 13.0 Å². The van der Waals surface area contributed by atoms with Crippen LogP contribution in [0, 0.1) is 0 Å². The largest absolute Gasteiger partial charge is 0.345 e. The lowest BCUT2D eigenvalue weighted by Crippen LogP contribution is -2.26. The lowest BCUT2D eigenvalue weighted by molar-refractivity contribution is 0.558. The fourth-order valence-electron chi connectivity index (χ4n) is 3.53. The predicted molar refractivity (Wildman–Crippen MR) is 83.9 cm³/mol. The zero-order valence-corrected chi connectivity index (χ0v) is 13.2. The molecule has 116 valence electrons. The van der Waals surface area contributed by atoms with Crippen molar-refractivity contribution in [1.29, 1.82) is 0 Å². The highest BCUT2D eigenvalue weighted by Gasteiger charge is 2.32. The molecule has 2 aromatic rings. The van der Waals surface area contributed by atoms with Gasteiger partial charge in [-0.1, -0.05) is 18.0 Å². The summed E-state index contributed by atoms with van der Waals surface area (Å²) in [5.41, 5.74) is 0. The molecule has 0 aromatic carbocycles. The highest BCUT2D eigenvalue weighted by Crippen LogP contribution is 2.35. The fourth-order valence-corrected chi connectivity index (χ4v) is 3.68. The van der Waals surface area contributed by atoms with Crippen LogP contribution in [0.5, 0.6) is 0 Å². The van der Waals surface area contributed by atoms with Crippen LogP contribution < -0.4 is 4.90 Å². The van der Waals surface area contributed by atoms with Gasteiger partial charge in [-0.3, -0.25) is 4.98 Å². The number of hydrogen-bond donors (Lipinski definition) is 0. The summed E-state index contributed by atoms with van der Waals surface area (Å²) >= 11 is 6.00. The Bertz CT molecular complexity index is 670. The number of aryl methyl sites for hydroxylation is 1.